The first kappa shape index (κ1) is 14.0. The van der Waals surface area contributed by atoms with E-state index in [-0.39, 0.29) is 16.5 Å². The van der Waals surface area contributed by atoms with Crippen molar-refractivity contribution < 1.29 is 17.7 Å². The van der Waals surface area contributed by atoms with E-state index < -0.39 is 15.0 Å². The topological polar surface area (TPSA) is 89.3 Å². The fourth-order valence-electron chi connectivity index (χ4n) is 1.31. The van der Waals surface area contributed by atoms with E-state index in [0.29, 0.717) is 10.6 Å². The van der Waals surface area contributed by atoms with Gasteiger partial charge in [0.05, 0.1) is 12.2 Å². The standard InChI is InChI=1S/C10H9ClN2O4S2/c1-6-4-8(17-13-6)10(14)12-5-7-2-3-9(18-7)19(11,15)16/h2-4H,5H2,1H3,(H,12,14). The highest BCUT2D eigenvalue weighted by Gasteiger charge is 2.15. The predicted molar refractivity (Wildman–Crippen MR) is 69.8 cm³/mol. The minimum absolute atomic E-state index is 0.0499. The first-order valence-electron chi connectivity index (χ1n) is 5.11. The number of nitrogens with zero attached hydrogens (tertiary/aromatic N) is 1. The smallest absolute Gasteiger partial charge is 0.290 e. The van der Waals surface area contributed by atoms with Gasteiger partial charge in [-0.2, -0.15) is 0 Å². The van der Waals surface area contributed by atoms with Crippen molar-refractivity contribution in [2.45, 2.75) is 17.7 Å². The van der Waals surface area contributed by atoms with Gasteiger partial charge in [-0.15, -0.1) is 11.3 Å². The largest absolute Gasteiger partial charge is 0.351 e. The number of hydrogen-bond acceptors (Lipinski definition) is 6. The molecular formula is C10H9ClN2O4S2. The van der Waals surface area contributed by atoms with Crippen molar-refractivity contribution in [2.75, 3.05) is 0 Å². The highest BCUT2D eigenvalue weighted by atomic mass is 35.7. The maximum absolute atomic E-state index is 11.7. The van der Waals surface area contributed by atoms with Gasteiger partial charge in [-0.1, -0.05) is 5.16 Å². The number of halogens is 1. The van der Waals surface area contributed by atoms with E-state index >= 15 is 0 Å². The first-order chi connectivity index (χ1) is 8.86. The van der Waals surface area contributed by atoms with E-state index in [9.17, 15) is 13.2 Å². The molecule has 0 atom stereocenters. The molecule has 0 bridgehead atoms. The second kappa shape index (κ2) is 5.32. The molecule has 0 aromatic carbocycles. The van der Waals surface area contributed by atoms with Crippen LogP contribution in [0, 0.1) is 6.92 Å². The quantitative estimate of drug-likeness (QED) is 0.869. The van der Waals surface area contributed by atoms with Crippen molar-refractivity contribution in [3.8, 4) is 0 Å². The van der Waals surface area contributed by atoms with Crippen molar-refractivity contribution in [1.29, 1.82) is 0 Å². The third-order valence-electron chi connectivity index (χ3n) is 2.15. The van der Waals surface area contributed by atoms with Crippen LogP contribution in [0.5, 0.6) is 0 Å². The number of aryl methyl sites for hydroxylation is 1. The van der Waals surface area contributed by atoms with Crippen LogP contribution in [0.4, 0.5) is 0 Å². The molecule has 2 heterocycles. The number of amides is 1. The zero-order valence-corrected chi connectivity index (χ0v) is 12.1. The molecule has 0 aliphatic heterocycles. The summed E-state index contributed by atoms with van der Waals surface area (Å²) in [5.41, 5.74) is 0.608. The molecular weight excluding hydrogens is 312 g/mol. The van der Waals surface area contributed by atoms with Crippen LogP contribution in [0.15, 0.2) is 26.9 Å². The Kier molecular flexibility index (Phi) is 3.93. The summed E-state index contributed by atoms with van der Waals surface area (Å²) in [7, 11) is 1.49. The van der Waals surface area contributed by atoms with E-state index in [1.807, 2.05) is 0 Å². The van der Waals surface area contributed by atoms with E-state index in [4.69, 9.17) is 15.2 Å². The van der Waals surface area contributed by atoms with Gasteiger partial charge in [0.15, 0.2) is 0 Å². The Morgan fingerprint density at radius 1 is 1.53 bits per heavy atom. The minimum atomic E-state index is -3.72. The molecule has 2 aromatic heterocycles. The number of aromatic nitrogens is 1. The highest BCUT2D eigenvalue weighted by molar-refractivity contribution is 8.15. The molecule has 9 heteroatoms. The maximum Gasteiger partial charge on any atom is 0.290 e. The Morgan fingerprint density at radius 2 is 2.26 bits per heavy atom. The lowest BCUT2D eigenvalue weighted by Gasteiger charge is -1.99. The van der Waals surface area contributed by atoms with E-state index in [2.05, 4.69) is 10.5 Å². The summed E-state index contributed by atoms with van der Waals surface area (Å²) in [6.07, 6.45) is 0. The Balaban J connectivity index is 1.99. The first-order valence-corrected chi connectivity index (χ1v) is 8.24. The minimum Gasteiger partial charge on any atom is -0.351 e. The van der Waals surface area contributed by atoms with Gasteiger partial charge in [0.1, 0.15) is 4.21 Å². The van der Waals surface area contributed by atoms with Gasteiger partial charge in [-0.3, -0.25) is 4.79 Å². The third kappa shape index (κ3) is 3.55. The van der Waals surface area contributed by atoms with Crippen LogP contribution in [0.1, 0.15) is 21.1 Å². The van der Waals surface area contributed by atoms with Crippen molar-refractivity contribution >= 4 is 37.0 Å². The molecule has 0 radical (unpaired) electrons. The summed E-state index contributed by atoms with van der Waals surface area (Å²) < 4.78 is 27.0. The molecule has 0 aliphatic rings. The lowest BCUT2D eigenvalue weighted by molar-refractivity contribution is 0.0914. The number of nitrogens with one attached hydrogen (secondary N) is 1. The lowest BCUT2D eigenvalue weighted by atomic mass is 10.3. The summed E-state index contributed by atoms with van der Waals surface area (Å²) in [6.45, 7) is 1.90. The normalized spacial score (nSPS) is 11.5. The van der Waals surface area contributed by atoms with Gasteiger partial charge >= 0.3 is 0 Å². The average molecular weight is 321 g/mol. The molecule has 2 rings (SSSR count). The summed E-state index contributed by atoms with van der Waals surface area (Å²) in [5, 5.41) is 6.19. The summed E-state index contributed by atoms with van der Waals surface area (Å²) in [4.78, 5) is 12.3. The Bertz CT molecular complexity index is 705. The molecule has 1 amide bonds. The average Bonchev–Trinajstić information content (AvgIpc) is 2.93. The van der Waals surface area contributed by atoms with Crippen LogP contribution in [0.25, 0.3) is 0 Å². The number of rotatable bonds is 4. The van der Waals surface area contributed by atoms with Crippen molar-refractivity contribution in [3.05, 3.63) is 34.5 Å². The monoisotopic (exact) mass is 320 g/mol. The van der Waals surface area contributed by atoms with Gasteiger partial charge in [0, 0.05) is 21.6 Å². The SMILES string of the molecule is Cc1cc(C(=O)NCc2ccc(S(=O)(=O)Cl)s2)on1. The number of carbonyl (C=O) groups excluding carboxylic acids is 1. The molecule has 2 aromatic rings. The molecule has 1 N–H and O–H groups in total. The summed E-state index contributed by atoms with van der Waals surface area (Å²) in [6, 6.07) is 4.50. The highest BCUT2D eigenvalue weighted by Crippen LogP contribution is 2.24. The molecule has 0 spiro atoms. The lowest BCUT2D eigenvalue weighted by Crippen LogP contribution is -2.21. The zero-order valence-electron chi connectivity index (χ0n) is 9.71. The zero-order chi connectivity index (χ0) is 14.0. The van der Waals surface area contributed by atoms with Gasteiger partial charge in [0.2, 0.25) is 5.76 Å². The van der Waals surface area contributed by atoms with Crippen LogP contribution >= 0.6 is 22.0 Å². The van der Waals surface area contributed by atoms with Gasteiger partial charge in [0.25, 0.3) is 15.0 Å². The molecule has 0 unspecified atom stereocenters. The summed E-state index contributed by atoms with van der Waals surface area (Å²) >= 11 is 1.00. The van der Waals surface area contributed by atoms with Crippen LogP contribution < -0.4 is 5.32 Å². The van der Waals surface area contributed by atoms with Crippen LogP contribution in [0.2, 0.25) is 0 Å². The number of hydrogen-bond donors (Lipinski definition) is 1. The fraction of sp³-hybridized carbons (Fsp3) is 0.200. The third-order valence-corrected chi connectivity index (χ3v) is 5.33. The second-order valence-corrected chi connectivity index (χ2v) is 7.63. The van der Waals surface area contributed by atoms with Crippen LogP contribution in [-0.4, -0.2) is 19.5 Å². The molecule has 0 saturated heterocycles. The van der Waals surface area contributed by atoms with Crippen molar-refractivity contribution in [2.24, 2.45) is 0 Å². The molecule has 19 heavy (non-hydrogen) atoms. The Morgan fingerprint density at radius 3 is 2.79 bits per heavy atom. The molecule has 0 aliphatic carbocycles. The van der Waals surface area contributed by atoms with E-state index in [1.54, 1.807) is 13.0 Å². The Labute approximate surface area is 117 Å². The Hall–Kier alpha value is -1.38. The number of thiophene rings is 1. The second-order valence-electron chi connectivity index (χ2n) is 3.67. The number of carbonyl (C=O) groups is 1. The predicted octanol–water partition coefficient (Wildman–Crippen LogP) is 1.90. The van der Waals surface area contributed by atoms with Crippen molar-refractivity contribution in [3.63, 3.8) is 0 Å². The molecule has 102 valence electrons. The fourth-order valence-corrected chi connectivity index (χ4v) is 3.37. The van der Waals surface area contributed by atoms with Crippen LogP contribution in [0.3, 0.4) is 0 Å². The molecule has 0 fully saturated rings. The van der Waals surface area contributed by atoms with Crippen molar-refractivity contribution in [1.82, 2.24) is 10.5 Å². The molecule has 0 saturated carbocycles. The molecule has 6 nitrogen and oxygen atoms in total. The van der Waals surface area contributed by atoms with E-state index in [0.717, 1.165) is 11.3 Å². The van der Waals surface area contributed by atoms with Crippen LogP contribution in [-0.2, 0) is 15.6 Å². The van der Waals surface area contributed by atoms with Gasteiger partial charge in [-0.25, -0.2) is 8.42 Å². The van der Waals surface area contributed by atoms with E-state index in [1.165, 1.54) is 12.1 Å². The van der Waals surface area contributed by atoms with Gasteiger partial charge < -0.3 is 9.84 Å². The summed E-state index contributed by atoms with van der Waals surface area (Å²) in [5.74, 6) is -0.302. The maximum atomic E-state index is 11.7. The van der Waals surface area contributed by atoms with Gasteiger partial charge in [-0.05, 0) is 19.1 Å².